The number of fused-ring (bicyclic) bond motifs is 3. The molecule has 31 heavy (non-hydrogen) atoms. The SMILES string of the molecule is COc1cc(-c2nc3sc4c(c3c(=O)n2CC(C)C)CCCC4=O)cc(OC)c1OC. The highest BCUT2D eigenvalue weighted by Crippen LogP contribution is 2.41. The number of thiophene rings is 1. The fourth-order valence-corrected chi connectivity index (χ4v) is 5.29. The Morgan fingerprint density at radius 1 is 1.06 bits per heavy atom. The number of hydrogen-bond acceptors (Lipinski definition) is 7. The van der Waals surface area contributed by atoms with Crippen molar-refractivity contribution in [2.75, 3.05) is 21.3 Å². The Kier molecular flexibility index (Phi) is 5.75. The van der Waals surface area contributed by atoms with Gasteiger partial charge in [-0.15, -0.1) is 11.3 Å². The molecule has 4 rings (SSSR count). The first-order chi connectivity index (χ1) is 14.9. The number of aryl methyl sites for hydroxylation is 1. The molecule has 0 bridgehead atoms. The van der Waals surface area contributed by atoms with Gasteiger partial charge in [0.25, 0.3) is 5.56 Å². The molecule has 0 saturated heterocycles. The van der Waals surface area contributed by atoms with E-state index in [4.69, 9.17) is 19.2 Å². The number of methoxy groups -OCH3 is 3. The first-order valence-electron chi connectivity index (χ1n) is 10.3. The normalized spacial score (nSPS) is 13.5. The van der Waals surface area contributed by atoms with Gasteiger partial charge in [-0.3, -0.25) is 14.2 Å². The molecule has 0 aliphatic heterocycles. The van der Waals surface area contributed by atoms with Crippen LogP contribution in [-0.4, -0.2) is 36.7 Å². The van der Waals surface area contributed by atoms with Crippen LogP contribution in [0.3, 0.4) is 0 Å². The van der Waals surface area contributed by atoms with E-state index in [-0.39, 0.29) is 17.3 Å². The van der Waals surface area contributed by atoms with Crippen LogP contribution in [0.2, 0.25) is 0 Å². The van der Waals surface area contributed by atoms with Crippen LogP contribution >= 0.6 is 11.3 Å². The standard InChI is InChI=1S/C23H26N2O5S/c1-12(2)11-25-21(13-9-16(28-3)19(30-5)17(10-13)29-4)24-22-18(23(25)27)14-7-6-8-15(26)20(14)31-22/h9-10,12H,6-8,11H2,1-5H3. The summed E-state index contributed by atoms with van der Waals surface area (Å²) in [4.78, 5) is 32.3. The van der Waals surface area contributed by atoms with E-state index >= 15 is 0 Å². The molecule has 2 heterocycles. The third-order valence-electron chi connectivity index (χ3n) is 5.47. The highest BCUT2D eigenvalue weighted by Gasteiger charge is 2.27. The average molecular weight is 443 g/mol. The van der Waals surface area contributed by atoms with Gasteiger partial charge in [0.1, 0.15) is 10.7 Å². The summed E-state index contributed by atoms with van der Waals surface area (Å²) in [5.74, 6) is 2.31. The number of ether oxygens (including phenoxy) is 3. The molecule has 0 atom stereocenters. The number of nitrogens with zero attached hydrogens (tertiary/aromatic N) is 2. The average Bonchev–Trinajstić information content (AvgIpc) is 3.14. The van der Waals surface area contributed by atoms with E-state index in [1.807, 2.05) is 0 Å². The van der Waals surface area contributed by atoms with Gasteiger partial charge in [0.15, 0.2) is 17.3 Å². The Hall–Kier alpha value is -2.87. The number of benzene rings is 1. The third-order valence-corrected chi connectivity index (χ3v) is 6.63. The zero-order valence-electron chi connectivity index (χ0n) is 18.4. The first kappa shape index (κ1) is 21.4. The highest BCUT2D eigenvalue weighted by molar-refractivity contribution is 7.20. The predicted octanol–water partition coefficient (Wildman–Crippen LogP) is 4.33. The van der Waals surface area contributed by atoms with Gasteiger partial charge in [0.05, 0.1) is 31.6 Å². The maximum Gasteiger partial charge on any atom is 0.262 e. The van der Waals surface area contributed by atoms with Gasteiger partial charge in [-0.25, -0.2) is 4.98 Å². The van der Waals surface area contributed by atoms with Gasteiger partial charge in [-0.2, -0.15) is 0 Å². The third kappa shape index (κ3) is 3.59. The van der Waals surface area contributed by atoms with Crippen LogP contribution in [0.4, 0.5) is 0 Å². The van der Waals surface area contributed by atoms with Crippen molar-refractivity contribution in [2.24, 2.45) is 5.92 Å². The molecule has 164 valence electrons. The smallest absolute Gasteiger partial charge is 0.262 e. The van der Waals surface area contributed by atoms with E-state index in [2.05, 4.69) is 13.8 Å². The van der Waals surface area contributed by atoms with E-state index in [0.717, 1.165) is 18.4 Å². The molecule has 0 radical (unpaired) electrons. The molecule has 0 saturated carbocycles. The summed E-state index contributed by atoms with van der Waals surface area (Å²) in [5, 5.41) is 0.588. The summed E-state index contributed by atoms with van der Waals surface area (Å²) in [6, 6.07) is 3.59. The largest absolute Gasteiger partial charge is 0.493 e. The summed E-state index contributed by atoms with van der Waals surface area (Å²) < 4.78 is 18.1. The van der Waals surface area contributed by atoms with E-state index in [0.29, 0.717) is 56.7 Å². The lowest BCUT2D eigenvalue weighted by Crippen LogP contribution is -2.26. The van der Waals surface area contributed by atoms with Crippen molar-refractivity contribution in [3.63, 3.8) is 0 Å². The molecule has 0 spiro atoms. The minimum Gasteiger partial charge on any atom is -0.493 e. The minimum absolute atomic E-state index is 0.102. The van der Waals surface area contributed by atoms with E-state index < -0.39 is 0 Å². The lowest BCUT2D eigenvalue weighted by Gasteiger charge is -2.18. The molecule has 2 aromatic heterocycles. The fraction of sp³-hybridized carbons (Fsp3) is 0.435. The maximum atomic E-state index is 13.7. The topological polar surface area (TPSA) is 79.7 Å². The molecule has 8 heteroatoms. The molecule has 1 aliphatic carbocycles. The van der Waals surface area contributed by atoms with Crippen LogP contribution in [0, 0.1) is 5.92 Å². The van der Waals surface area contributed by atoms with Gasteiger partial charge in [-0.05, 0) is 36.5 Å². The summed E-state index contributed by atoms with van der Waals surface area (Å²) in [6.07, 6.45) is 2.04. The van der Waals surface area contributed by atoms with E-state index in [1.54, 1.807) is 38.0 Å². The molecular weight excluding hydrogens is 416 g/mol. The van der Waals surface area contributed by atoms with Gasteiger partial charge in [0.2, 0.25) is 5.75 Å². The number of carbonyl (C=O) groups excluding carboxylic acids is 1. The number of Topliss-reactive ketones (excluding diaryl/α,β-unsaturated/α-hetero) is 1. The summed E-state index contributed by atoms with van der Waals surface area (Å²) in [5.41, 5.74) is 1.45. The Balaban J connectivity index is 2.04. The lowest BCUT2D eigenvalue weighted by molar-refractivity contribution is 0.0977. The minimum atomic E-state index is -0.102. The summed E-state index contributed by atoms with van der Waals surface area (Å²) >= 11 is 1.32. The van der Waals surface area contributed by atoms with Crippen LogP contribution in [-0.2, 0) is 13.0 Å². The Labute approximate surface area is 184 Å². The van der Waals surface area contributed by atoms with Crippen LogP contribution < -0.4 is 19.8 Å². The van der Waals surface area contributed by atoms with Gasteiger partial charge in [-0.1, -0.05) is 13.8 Å². The molecule has 3 aromatic rings. The van der Waals surface area contributed by atoms with E-state index in [1.165, 1.54) is 11.3 Å². The van der Waals surface area contributed by atoms with Gasteiger partial charge < -0.3 is 14.2 Å². The number of ketones is 1. The molecule has 0 N–H and O–H groups in total. The van der Waals surface area contributed by atoms with Crippen LogP contribution in [0.1, 0.15) is 41.9 Å². The quantitative estimate of drug-likeness (QED) is 0.565. The Morgan fingerprint density at radius 3 is 2.32 bits per heavy atom. The Bertz CT molecular complexity index is 1200. The van der Waals surface area contributed by atoms with Crippen molar-refractivity contribution in [1.82, 2.24) is 9.55 Å². The van der Waals surface area contributed by atoms with Crippen molar-refractivity contribution < 1.29 is 19.0 Å². The van der Waals surface area contributed by atoms with Crippen LogP contribution in [0.15, 0.2) is 16.9 Å². The van der Waals surface area contributed by atoms with Crippen LogP contribution in [0.5, 0.6) is 17.2 Å². The van der Waals surface area contributed by atoms with Crippen molar-refractivity contribution in [3.05, 3.63) is 32.9 Å². The van der Waals surface area contributed by atoms with Crippen molar-refractivity contribution >= 4 is 27.3 Å². The highest BCUT2D eigenvalue weighted by atomic mass is 32.1. The zero-order chi connectivity index (χ0) is 22.3. The first-order valence-corrected chi connectivity index (χ1v) is 11.1. The number of carbonyl (C=O) groups is 1. The monoisotopic (exact) mass is 442 g/mol. The molecule has 1 aromatic carbocycles. The van der Waals surface area contributed by atoms with Gasteiger partial charge >= 0.3 is 0 Å². The summed E-state index contributed by atoms with van der Waals surface area (Å²) in [7, 11) is 4.65. The van der Waals surface area contributed by atoms with Crippen molar-refractivity contribution in [1.29, 1.82) is 0 Å². The summed E-state index contributed by atoms with van der Waals surface area (Å²) in [6.45, 7) is 4.62. The predicted molar refractivity (Wildman–Crippen MR) is 121 cm³/mol. The Morgan fingerprint density at radius 2 is 1.74 bits per heavy atom. The number of rotatable bonds is 6. The molecule has 0 amide bonds. The fourth-order valence-electron chi connectivity index (χ4n) is 4.11. The molecule has 7 nitrogen and oxygen atoms in total. The van der Waals surface area contributed by atoms with Crippen molar-refractivity contribution in [2.45, 2.75) is 39.7 Å². The van der Waals surface area contributed by atoms with Crippen LogP contribution in [0.25, 0.3) is 21.6 Å². The second-order valence-corrected chi connectivity index (χ2v) is 9.02. The molecule has 1 aliphatic rings. The van der Waals surface area contributed by atoms with Crippen molar-refractivity contribution in [3.8, 4) is 28.6 Å². The second-order valence-electron chi connectivity index (χ2n) is 8.03. The maximum absolute atomic E-state index is 13.7. The second kappa shape index (κ2) is 8.34. The number of hydrogen-bond donors (Lipinski definition) is 0. The zero-order valence-corrected chi connectivity index (χ0v) is 19.2. The lowest BCUT2D eigenvalue weighted by atomic mass is 9.96. The van der Waals surface area contributed by atoms with Gasteiger partial charge in [0, 0.05) is 18.5 Å². The molecule has 0 fully saturated rings. The van der Waals surface area contributed by atoms with E-state index in [9.17, 15) is 9.59 Å². The number of aromatic nitrogens is 2. The molecule has 0 unspecified atom stereocenters. The molecular formula is C23H26N2O5S.